The Morgan fingerprint density at radius 2 is 1.94 bits per heavy atom. The van der Waals surface area contributed by atoms with Crippen molar-refractivity contribution in [2.45, 2.75) is 32.0 Å². The number of carbonyl (C=O) groups is 2. The Morgan fingerprint density at radius 3 is 2.59 bits per heavy atom. The third-order valence-electron chi connectivity index (χ3n) is 5.49. The highest BCUT2D eigenvalue weighted by Gasteiger charge is 2.36. The number of hydrogen-bond acceptors (Lipinski definition) is 6. The molecular weight excluding hydrogens is 475 g/mol. The maximum atomic E-state index is 13.4. The largest absolute Gasteiger partial charge is 0.446 e. The van der Waals surface area contributed by atoms with E-state index in [0.29, 0.717) is 6.54 Å². The van der Waals surface area contributed by atoms with Crippen LogP contribution in [0.25, 0.3) is 11.4 Å². The number of benzene rings is 1. The molecule has 1 aliphatic carbocycles. The summed E-state index contributed by atoms with van der Waals surface area (Å²) in [5.41, 5.74) is 4.56. The van der Waals surface area contributed by atoms with Crippen LogP contribution in [0.2, 0.25) is 5.02 Å². The normalized spacial score (nSPS) is 14.6. The fourth-order valence-corrected chi connectivity index (χ4v) is 3.78. The Balaban J connectivity index is 1.71. The summed E-state index contributed by atoms with van der Waals surface area (Å²) in [7, 11) is 0. The number of hydrogen-bond donors (Lipinski definition) is 1. The molecule has 1 fully saturated rings. The van der Waals surface area contributed by atoms with Crippen molar-refractivity contribution < 1.29 is 27.2 Å². The molecular formula is C22H19ClF3N5O3. The SMILES string of the molecule is CC(c1ocnc1-c1cc(C(N)=O)ncn1)N(CC1CC1)C(=O)c1cc(Cl)cc(C(F)(F)F)c1. The van der Waals surface area contributed by atoms with Crippen molar-refractivity contribution in [3.63, 3.8) is 0 Å². The molecule has 12 heteroatoms. The Bertz CT molecular complexity index is 1240. The molecule has 0 bridgehead atoms. The van der Waals surface area contributed by atoms with E-state index in [-0.39, 0.29) is 39.3 Å². The van der Waals surface area contributed by atoms with E-state index in [0.717, 1.165) is 37.7 Å². The molecule has 3 aromatic rings. The zero-order valence-electron chi connectivity index (χ0n) is 17.8. The lowest BCUT2D eigenvalue weighted by molar-refractivity contribution is -0.137. The van der Waals surface area contributed by atoms with Gasteiger partial charge >= 0.3 is 6.18 Å². The molecule has 1 unspecified atom stereocenters. The van der Waals surface area contributed by atoms with Gasteiger partial charge < -0.3 is 15.1 Å². The fraction of sp³-hybridized carbons (Fsp3) is 0.318. The lowest BCUT2D eigenvalue weighted by Crippen LogP contribution is -2.35. The van der Waals surface area contributed by atoms with E-state index in [9.17, 15) is 22.8 Å². The quantitative estimate of drug-likeness (QED) is 0.517. The summed E-state index contributed by atoms with van der Waals surface area (Å²) in [5, 5.41) is -0.197. The van der Waals surface area contributed by atoms with Crippen molar-refractivity contribution in [3.8, 4) is 11.4 Å². The molecule has 2 N–H and O–H groups in total. The van der Waals surface area contributed by atoms with Crippen LogP contribution in [0.1, 0.15) is 58.0 Å². The summed E-state index contributed by atoms with van der Waals surface area (Å²) >= 11 is 5.90. The van der Waals surface area contributed by atoms with Crippen molar-refractivity contribution in [1.29, 1.82) is 0 Å². The number of aromatic nitrogens is 3. The van der Waals surface area contributed by atoms with E-state index in [2.05, 4.69) is 15.0 Å². The van der Waals surface area contributed by atoms with Crippen LogP contribution in [0.4, 0.5) is 13.2 Å². The summed E-state index contributed by atoms with van der Waals surface area (Å²) < 4.78 is 45.4. The molecule has 34 heavy (non-hydrogen) atoms. The van der Waals surface area contributed by atoms with Crippen molar-refractivity contribution >= 4 is 23.4 Å². The number of oxazole rings is 1. The first kappa shape index (κ1) is 23.7. The Kier molecular flexibility index (Phi) is 6.30. The number of halogens is 4. The number of nitrogens with zero attached hydrogens (tertiary/aromatic N) is 4. The standard InChI is InChI=1S/C22H19ClF3N5O3/c1-11(19-18(30-10-34-19)16-7-17(20(27)32)29-9-28-16)31(8-12-2-3-12)21(33)13-4-14(22(24,25)26)6-15(23)5-13/h4-7,9-12H,2-3,8H2,1H3,(H2,27,32). The van der Waals surface area contributed by atoms with Gasteiger partial charge in [-0.15, -0.1) is 0 Å². The molecule has 1 aromatic carbocycles. The van der Waals surface area contributed by atoms with E-state index in [4.69, 9.17) is 21.8 Å². The minimum absolute atomic E-state index is 0.0314. The van der Waals surface area contributed by atoms with E-state index < -0.39 is 29.6 Å². The van der Waals surface area contributed by atoms with Crippen LogP contribution in [-0.2, 0) is 6.18 Å². The molecule has 178 valence electrons. The number of carbonyl (C=O) groups excluding carboxylic acids is 2. The summed E-state index contributed by atoms with van der Waals surface area (Å²) in [6.45, 7) is 1.99. The van der Waals surface area contributed by atoms with E-state index >= 15 is 0 Å². The minimum Gasteiger partial charge on any atom is -0.446 e. The van der Waals surface area contributed by atoms with E-state index in [1.807, 2.05) is 0 Å². The van der Waals surface area contributed by atoms with Crippen molar-refractivity contribution in [3.05, 3.63) is 64.6 Å². The molecule has 0 radical (unpaired) electrons. The summed E-state index contributed by atoms with van der Waals surface area (Å²) in [4.78, 5) is 38.4. The molecule has 0 spiro atoms. The predicted octanol–water partition coefficient (Wildman–Crippen LogP) is 4.52. The highest BCUT2D eigenvalue weighted by Crippen LogP contribution is 2.37. The van der Waals surface area contributed by atoms with Crippen LogP contribution in [0.5, 0.6) is 0 Å². The van der Waals surface area contributed by atoms with Crippen molar-refractivity contribution in [1.82, 2.24) is 19.9 Å². The third-order valence-corrected chi connectivity index (χ3v) is 5.71. The molecule has 0 aliphatic heterocycles. The van der Waals surface area contributed by atoms with Crippen molar-refractivity contribution in [2.24, 2.45) is 11.7 Å². The second kappa shape index (κ2) is 9.05. The Morgan fingerprint density at radius 1 is 1.21 bits per heavy atom. The number of primary amides is 1. The summed E-state index contributed by atoms with van der Waals surface area (Å²) in [5.74, 6) is -0.912. The first-order valence-electron chi connectivity index (χ1n) is 10.3. The first-order valence-corrected chi connectivity index (χ1v) is 10.7. The monoisotopic (exact) mass is 493 g/mol. The number of alkyl halides is 3. The highest BCUT2D eigenvalue weighted by molar-refractivity contribution is 6.31. The molecule has 8 nitrogen and oxygen atoms in total. The van der Waals surface area contributed by atoms with Gasteiger partial charge in [0.25, 0.3) is 11.8 Å². The fourth-order valence-electron chi connectivity index (χ4n) is 3.55. The zero-order chi connectivity index (χ0) is 24.6. The van der Waals surface area contributed by atoms with Crippen LogP contribution < -0.4 is 5.73 Å². The average molecular weight is 494 g/mol. The predicted molar refractivity (Wildman–Crippen MR) is 115 cm³/mol. The second-order valence-electron chi connectivity index (χ2n) is 8.02. The van der Waals surface area contributed by atoms with Gasteiger partial charge in [0, 0.05) is 17.1 Å². The molecule has 4 rings (SSSR count). The van der Waals surface area contributed by atoms with Crippen LogP contribution in [0.3, 0.4) is 0 Å². The van der Waals surface area contributed by atoms with E-state index in [1.54, 1.807) is 6.92 Å². The van der Waals surface area contributed by atoms with Gasteiger partial charge in [-0.05, 0) is 49.9 Å². The van der Waals surface area contributed by atoms with E-state index in [1.165, 1.54) is 17.0 Å². The number of nitrogens with two attached hydrogens (primary N) is 1. The van der Waals surface area contributed by atoms with Gasteiger partial charge in [-0.3, -0.25) is 9.59 Å². The first-order chi connectivity index (χ1) is 16.0. The highest BCUT2D eigenvalue weighted by atomic mass is 35.5. The topological polar surface area (TPSA) is 115 Å². The molecule has 0 saturated heterocycles. The summed E-state index contributed by atoms with van der Waals surface area (Å²) in [6.07, 6.45) is -0.547. The van der Waals surface area contributed by atoms with Crippen LogP contribution >= 0.6 is 11.6 Å². The Hall–Kier alpha value is -3.47. The zero-order valence-corrected chi connectivity index (χ0v) is 18.6. The van der Waals surface area contributed by atoms with Crippen LogP contribution in [-0.4, -0.2) is 38.2 Å². The van der Waals surface area contributed by atoms with Gasteiger partial charge in [0.15, 0.2) is 12.2 Å². The molecule has 2 aromatic heterocycles. The summed E-state index contributed by atoms with van der Waals surface area (Å²) in [6, 6.07) is 3.39. The number of amides is 2. The molecule has 1 aliphatic rings. The molecule has 1 atom stereocenters. The lowest BCUT2D eigenvalue weighted by atomic mass is 10.1. The third kappa shape index (κ3) is 5.04. The van der Waals surface area contributed by atoms with Gasteiger partial charge in [-0.1, -0.05) is 11.6 Å². The van der Waals surface area contributed by atoms with Gasteiger partial charge in [0.1, 0.15) is 17.7 Å². The van der Waals surface area contributed by atoms with Crippen LogP contribution in [0, 0.1) is 5.92 Å². The maximum Gasteiger partial charge on any atom is 0.416 e. The van der Waals surface area contributed by atoms with Crippen molar-refractivity contribution in [2.75, 3.05) is 6.54 Å². The number of rotatable bonds is 7. The molecule has 1 saturated carbocycles. The lowest BCUT2D eigenvalue weighted by Gasteiger charge is -2.29. The molecule has 2 amide bonds. The van der Waals surface area contributed by atoms with Gasteiger partial charge in [-0.25, -0.2) is 15.0 Å². The van der Waals surface area contributed by atoms with Crippen LogP contribution in [0.15, 0.2) is 41.4 Å². The smallest absolute Gasteiger partial charge is 0.416 e. The minimum atomic E-state index is -4.66. The average Bonchev–Trinajstić information content (AvgIpc) is 3.48. The maximum absolute atomic E-state index is 13.4. The van der Waals surface area contributed by atoms with Gasteiger partial charge in [0.2, 0.25) is 0 Å². The second-order valence-corrected chi connectivity index (χ2v) is 8.46. The molecule has 2 heterocycles. The van der Waals surface area contributed by atoms with Gasteiger partial charge in [0.05, 0.1) is 17.3 Å². The Labute approximate surface area is 197 Å². The van der Waals surface area contributed by atoms with Gasteiger partial charge in [-0.2, -0.15) is 13.2 Å².